The van der Waals surface area contributed by atoms with Crippen molar-refractivity contribution in [3.63, 3.8) is 0 Å². The summed E-state index contributed by atoms with van der Waals surface area (Å²) >= 11 is 7.84. The number of carbonyl (C=O) groups is 1. The highest BCUT2D eigenvalue weighted by molar-refractivity contribution is 7.21. The number of amides is 1. The lowest BCUT2D eigenvalue weighted by atomic mass is 10.1. The van der Waals surface area contributed by atoms with Crippen LogP contribution in [-0.2, 0) is 0 Å². The maximum absolute atomic E-state index is 12.9. The van der Waals surface area contributed by atoms with Crippen LogP contribution < -0.4 is 0 Å². The van der Waals surface area contributed by atoms with Gasteiger partial charge in [-0.2, -0.15) is 0 Å². The van der Waals surface area contributed by atoms with Gasteiger partial charge in [0.15, 0.2) is 0 Å². The summed E-state index contributed by atoms with van der Waals surface area (Å²) in [6, 6.07) is 7.72. The van der Waals surface area contributed by atoms with Crippen molar-refractivity contribution in [3.05, 3.63) is 34.2 Å². The number of fused-ring (bicyclic) bond motifs is 1. The number of halogens is 1. The first-order chi connectivity index (χ1) is 10.2. The molecule has 2 heterocycles. The van der Waals surface area contributed by atoms with Gasteiger partial charge in [-0.05, 0) is 18.9 Å². The Hall–Kier alpha value is -1.10. The van der Waals surface area contributed by atoms with E-state index in [1.54, 1.807) is 0 Å². The van der Waals surface area contributed by atoms with Crippen LogP contribution in [0.4, 0.5) is 0 Å². The van der Waals surface area contributed by atoms with Gasteiger partial charge in [0.05, 0.1) is 17.7 Å². The lowest BCUT2D eigenvalue weighted by Gasteiger charge is -2.28. The highest BCUT2D eigenvalue weighted by atomic mass is 35.5. The van der Waals surface area contributed by atoms with Gasteiger partial charge in [0.2, 0.25) is 0 Å². The van der Waals surface area contributed by atoms with Crippen molar-refractivity contribution in [1.82, 2.24) is 4.90 Å². The van der Waals surface area contributed by atoms with Crippen molar-refractivity contribution < 1.29 is 9.90 Å². The van der Waals surface area contributed by atoms with Crippen LogP contribution in [-0.4, -0.2) is 35.1 Å². The van der Waals surface area contributed by atoms with E-state index in [9.17, 15) is 9.90 Å². The molecule has 1 atom stereocenters. The Balaban J connectivity index is 1.96. The van der Waals surface area contributed by atoms with Crippen LogP contribution >= 0.6 is 22.9 Å². The molecule has 1 aliphatic heterocycles. The zero-order chi connectivity index (χ0) is 14.8. The Kier molecular flexibility index (Phi) is 4.48. The predicted octanol–water partition coefficient (Wildman–Crippen LogP) is 3.93. The molecule has 0 aliphatic carbocycles. The van der Waals surface area contributed by atoms with E-state index in [2.05, 4.69) is 0 Å². The Morgan fingerprint density at radius 3 is 2.90 bits per heavy atom. The highest BCUT2D eigenvalue weighted by Crippen LogP contribution is 2.36. The molecular weight excluding hydrogens is 306 g/mol. The molecule has 3 nitrogen and oxygen atoms in total. The van der Waals surface area contributed by atoms with Crippen LogP contribution in [0.5, 0.6) is 0 Å². The van der Waals surface area contributed by atoms with Gasteiger partial charge >= 0.3 is 0 Å². The number of nitrogens with zero attached hydrogens (tertiary/aromatic N) is 1. The van der Waals surface area contributed by atoms with E-state index in [4.69, 9.17) is 11.6 Å². The van der Waals surface area contributed by atoms with E-state index in [1.165, 1.54) is 11.3 Å². The first-order valence-corrected chi connectivity index (χ1v) is 8.50. The minimum atomic E-state index is -0.0821. The molecule has 1 amide bonds. The van der Waals surface area contributed by atoms with Crippen LogP contribution in [0.3, 0.4) is 0 Å². The Labute approximate surface area is 133 Å². The SMILES string of the molecule is O=C(c1sc2ccccc2c1Cl)N1CCCCCC1CO. The summed E-state index contributed by atoms with van der Waals surface area (Å²) < 4.78 is 1.03. The average Bonchev–Trinajstić information content (AvgIpc) is 2.71. The van der Waals surface area contributed by atoms with E-state index in [0.717, 1.165) is 35.8 Å². The average molecular weight is 324 g/mol. The summed E-state index contributed by atoms with van der Waals surface area (Å²) in [4.78, 5) is 15.3. The minimum Gasteiger partial charge on any atom is -0.394 e. The smallest absolute Gasteiger partial charge is 0.265 e. The Morgan fingerprint density at radius 2 is 2.14 bits per heavy atom. The minimum absolute atomic E-state index is 0.0221. The van der Waals surface area contributed by atoms with Gasteiger partial charge in [-0.15, -0.1) is 11.3 Å². The second kappa shape index (κ2) is 6.34. The number of carbonyl (C=O) groups excluding carboxylic acids is 1. The molecule has 1 unspecified atom stereocenters. The van der Waals surface area contributed by atoms with Gasteiger partial charge in [-0.1, -0.05) is 42.6 Å². The first kappa shape index (κ1) is 14.8. The number of rotatable bonds is 2. The van der Waals surface area contributed by atoms with E-state index in [0.29, 0.717) is 16.4 Å². The Bertz CT molecular complexity index is 655. The molecule has 1 fully saturated rings. The number of likely N-dealkylation sites (tertiary alicyclic amines) is 1. The van der Waals surface area contributed by atoms with Crippen LogP contribution in [0.1, 0.15) is 35.4 Å². The number of thiophene rings is 1. The molecule has 2 aromatic rings. The van der Waals surface area contributed by atoms with Crippen molar-refractivity contribution in [2.24, 2.45) is 0 Å². The van der Waals surface area contributed by atoms with E-state index in [-0.39, 0.29) is 18.6 Å². The van der Waals surface area contributed by atoms with Crippen LogP contribution in [0.2, 0.25) is 5.02 Å². The van der Waals surface area contributed by atoms with Crippen LogP contribution in [0, 0.1) is 0 Å². The normalized spacial score (nSPS) is 19.7. The lowest BCUT2D eigenvalue weighted by Crippen LogP contribution is -2.41. The van der Waals surface area contributed by atoms with E-state index in [1.807, 2.05) is 29.2 Å². The number of hydrogen-bond acceptors (Lipinski definition) is 3. The number of benzene rings is 1. The molecule has 0 saturated carbocycles. The van der Waals surface area contributed by atoms with Crippen molar-refractivity contribution in [3.8, 4) is 0 Å². The summed E-state index contributed by atoms with van der Waals surface area (Å²) in [5, 5.41) is 11.0. The second-order valence-corrected chi connectivity index (χ2v) is 6.86. The molecule has 1 aromatic carbocycles. The van der Waals surface area contributed by atoms with Crippen molar-refractivity contribution in [1.29, 1.82) is 0 Å². The van der Waals surface area contributed by atoms with E-state index < -0.39 is 0 Å². The topological polar surface area (TPSA) is 40.5 Å². The number of aliphatic hydroxyl groups excluding tert-OH is 1. The zero-order valence-corrected chi connectivity index (χ0v) is 13.3. The molecule has 5 heteroatoms. The van der Waals surface area contributed by atoms with E-state index >= 15 is 0 Å². The molecule has 0 radical (unpaired) electrons. The molecule has 0 bridgehead atoms. The summed E-state index contributed by atoms with van der Waals surface area (Å²) in [7, 11) is 0. The third-order valence-electron chi connectivity index (χ3n) is 4.08. The molecule has 0 spiro atoms. The predicted molar refractivity (Wildman–Crippen MR) is 87.2 cm³/mol. The van der Waals surface area contributed by atoms with Gasteiger partial charge in [0.25, 0.3) is 5.91 Å². The molecule has 1 N–H and O–H groups in total. The molecule has 21 heavy (non-hydrogen) atoms. The molecule has 1 saturated heterocycles. The zero-order valence-electron chi connectivity index (χ0n) is 11.7. The summed E-state index contributed by atoms with van der Waals surface area (Å²) in [5.74, 6) is -0.0397. The van der Waals surface area contributed by atoms with Gasteiger partial charge in [0.1, 0.15) is 4.88 Å². The highest BCUT2D eigenvalue weighted by Gasteiger charge is 2.28. The third-order valence-corrected chi connectivity index (χ3v) is 5.74. The van der Waals surface area contributed by atoms with Crippen molar-refractivity contribution in [2.75, 3.05) is 13.2 Å². The maximum Gasteiger partial charge on any atom is 0.265 e. The quantitative estimate of drug-likeness (QED) is 0.909. The van der Waals surface area contributed by atoms with Crippen molar-refractivity contribution >= 4 is 38.9 Å². The standard InChI is InChI=1S/C16H18ClNO2S/c17-14-12-7-3-4-8-13(12)21-15(14)16(20)18-9-5-1-2-6-11(18)10-19/h3-4,7-8,11,19H,1-2,5-6,9-10H2. The van der Waals surface area contributed by atoms with Gasteiger partial charge < -0.3 is 10.0 Å². The molecule has 1 aliphatic rings. The van der Waals surface area contributed by atoms with Crippen molar-refractivity contribution in [2.45, 2.75) is 31.7 Å². The Morgan fingerprint density at radius 1 is 1.33 bits per heavy atom. The second-order valence-electron chi connectivity index (χ2n) is 5.43. The van der Waals surface area contributed by atoms with Gasteiger partial charge in [0, 0.05) is 16.6 Å². The summed E-state index contributed by atoms with van der Waals surface area (Å²) in [5.41, 5.74) is 0. The number of aliphatic hydroxyl groups is 1. The van der Waals surface area contributed by atoms with Gasteiger partial charge in [-0.3, -0.25) is 4.79 Å². The lowest BCUT2D eigenvalue weighted by molar-refractivity contribution is 0.0605. The number of hydrogen-bond donors (Lipinski definition) is 1. The summed E-state index contributed by atoms with van der Waals surface area (Å²) in [6.07, 6.45) is 4.03. The first-order valence-electron chi connectivity index (χ1n) is 7.31. The van der Waals surface area contributed by atoms with Crippen LogP contribution in [0.15, 0.2) is 24.3 Å². The molecule has 1 aromatic heterocycles. The molecular formula is C16H18ClNO2S. The molecule has 3 rings (SSSR count). The third kappa shape index (κ3) is 2.80. The fraction of sp³-hybridized carbons (Fsp3) is 0.438. The fourth-order valence-electron chi connectivity index (χ4n) is 2.92. The van der Waals surface area contributed by atoms with Crippen LogP contribution in [0.25, 0.3) is 10.1 Å². The largest absolute Gasteiger partial charge is 0.394 e. The fourth-order valence-corrected chi connectivity index (χ4v) is 4.38. The summed E-state index contributed by atoms with van der Waals surface area (Å²) in [6.45, 7) is 0.725. The van der Waals surface area contributed by atoms with Gasteiger partial charge in [-0.25, -0.2) is 0 Å². The maximum atomic E-state index is 12.9. The monoisotopic (exact) mass is 323 g/mol. The molecule has 112 valence electrons.